The molecule has 0 fully saturated rings. The Balaban J connectivity index is 1.46. The van der Waals surface area contributed by atoms with Gasteiger partial charge in [-0.05, 0) is 36.8 Å². The van der Waals surface area contributed by atoms with Gasteiger partial charge in [-0.25, -0.2) is 0 Å². The summed E-state index contributed by atoms with van der Waals surface area (Å²) in [5.74, 6) is 2.09. The Kier molecular flexibility index (Phi) is 5.37. The number of nitrogens with zero attached hydrogens (tertiary/aromatic N) is 2. The van der Waals surface area contributed by atoms with Gasteiger partial charge in [0.2, 0.25) is 0 Å². The summed E-state index contributed by atoms with van der Waals surface area (Å²) in [6.07, 6.45) is 0.552. The van der Waals surface area contributed by atoms with Gasteiger partial charge in [-0.2, -0.15) is 10.4 Å². The summed E-state index contributed by atoms with van der Waals surface area (Å²) < 4.78 is 5.92. The molecule has 29 heavy (non-hydrogen) atoms. The normalized spacial score (nSPS) is 10.7. The minimum Gasteiger partial charge on any atom is -0.459 e. The summed E-state index contributed by atoms with van der Waals surface area (Å²) in [5.41, 5.74) is 4.49. The minimum atomic E-state index is 0.433. The van der Waals surface area contributed by atoms with Crippen molar-refractivity contribution in [3.8, 4) is 17.4 Å². The molecular formula is C23H19ClN4O. The van der Waals surface area contributed by atoms with Gasteiger partial charge >= 0.3 is 0 Å². The van der Waals surface area contributed by atoms with E-state index in [1.807, 2.05) is 48.5 Å². The Hall–Kier alpha value is -3.49. The van der Waals surface area contributed by atoms with E-state index >= 15 is 0 Å². The largest absolute Gasteiger partial charge is 0.459 e. The SMILES string of the molecule is Cc1ccc(-c2ccc(CNc3n[nH]c(Cc4cccc(Cl)c4)c3C#N)o2)cc1. The van der Waals surface area contributed by atoms with Crippen molar-refractivity contribution in [2.24, 2.45) is 0 Å². The van der Waals surface area contributed by atoms with Crippen molar-refractivity contribution in [3.63, 3.8) is 0 Å². The molecule has 2 aromatic carbocycles. The van der Waals surface area contributed by atoms with Crippen molar-refractivity contribution in [1.29, 1.82) is 5.26 Å². The maximum absolute atomic E-state index is 9.59. The number of hydrogen-bond donors (Lipinski definition) is 2. The highest BCUT2D eigenvalue weighted by Gasteiger charge is 2.14. The molecular weight excluding hydrogens is 384 g/mol. The van der Waals surface area contributed by atoms with Gasteiger partial charge in [-0.15, -0.1) is 0 Å². The quantitative estimate of drug-likeness (QED) is 0.433. The van der Waals surface area contributed by atoms with Gasteiger partial charge in [0.05, 0.1) is 12.2 Å². The summed E-state index contributed by atoms with van der Waals surface area (Å²) >= 11 is 6.05. The van der Waals surface area contributed by atoms with Crippen LogP contribution in [0.1, 0.15) is 28.1 Å². The van der Waals surface area contributed by atoms with Gasteiger partial charge in [-0.3, -0.25) is 5.10 Å². The third-order valence-electron chi connectivity index (χ3n) is 4.65. The van der Waals surface area contributed by atoms with Crippen LogP contribution in [0.25, 0.3) is 11.3 Å². The second-order valence-electron chi connectivity index (χ2n) is 6.83. The van der Waals surface area contributed by atoms with Gasteiger partial charge in [0.15, 0.2) is 5.82 Å². The van der Waals surface area contributed by atoms with Gasteiger partial charge < -0.3 is 9.73 Å². The van der Waals surface area contributed by atoms with E-state index < -0.39 is 0 Å². The Morgan fingerprint density at radius 2 is 1.97 bits per heavy atom. The molecule has 4 rings (SSSR count). The average Bonchev–Trinajstić information content (AvgIpc) is 3.34. The number of anilines is 1. The molecule has 0 radical (unpaired) electrons. The van der Waals surface area contributed by atoms with Gasteiger partial charge in [0.1, 0.15) is 23.2 Å². The van der Waals surface area contributed by atoms with E-state index in [4.69, 9.17) is 16.0 Å². The molecule has 0 aliphatic carbocycles. The molecule has 0 unspecified atom stereocenters. The van der Waals surface area contributed by atoms with E-state index in [0.29, 0.717) is 29.4 Å². The van der Waals surface area contributed by atoms with Crippen molar-refractivity contribution in [2.45, 2.75) is 19.9 Å². The molecule has 5 nitrogen and oxygen atoms in total. The zero-order valence-electron chi connectivity index (χ0n) is 15.9. The molecule has 0 aliphatic rings. The van der Waals surface area contributed by atoms with E-state index in [1.54, 1.807) is 0 Å². The average molecular weight is 403 g/mol. The van der Waals surface area contributed by atoms with Crippen LogP contribution in [-0.4, -0.2) is 10.2 Å². The summed E-state index contributed by atoms with van der Waals surface area (Å²) in [6.45, 7) is 2.49. The van der Waals surface area contributed by atoms with Crippen LogP contribution in [0, 0.1) is 18.3 Å². The minimum absolute atomic E-state index is 0.433. The van der Waals surface area contributed by atoms with Crippen LogP contribution in [0.2, 0.25) is 5.02 Å². The lowest BCUT2D eigenvalue weighted by Crippen LogP contribution is -2.00. The predicted octanol–water partition coefficient (Wildman–Crippen LogP) is 5.71. The summed E-state index contributed by atoms with van der Waals surface area (Å²) in [4.78, 5) is 0. The fourth-order valence-corrected chi connectivity index (χ4v) is 3.34. The number of benzene rings is 2. The Labute approximate surface area is 173 Å². The van der Waals surface area contributed by atoms with Gasteiger partial charge in [-0.1, -0.05) is 53.6 Å². The van der Waals surface area contributed by atoms with Crippen LogP contribution in [0.5, 0.6) is 0 Å². The molecule has 2 aromatic heterocycles. The van der Waals surface area contributed by atoms with Crippen LogP contribution in [0.3, 0.4) is 0 Å². The maximum atomic E-state index is 9.59. The monoisotopic (exact) mass is 402 g/mol. The summed E-state index contributed by atoms with van der Waals surface area (Å²) in [7, 11) is 0. The van der Waals surface area contributed by atoms with E-state index in [1.165, 1.54) is 5.56 Å². The zero-order chi connectivity index (χ0) is 20.2. The number of aromatic nitrogens is 2. The number of nitriles is 1. The number of H-pyrrole nitrogens is 1. The molecule has 0 bridgehead atoms. The number of hydrogen-bond acceptors (Lipinski definition) is 4. The molecule has 0 saturated heterocycles. The third kappa shape index (κ3) is 4.34. The molecule has 2 heterocycles. The first-order valence-electron chi connectivity index (χ1n) is 9.24. The van der Waals surface area contributed by atoms with Crippen molar-refractivity contribution in [3.05, 3.63) is 93.8 Å². The van der Waals surface area contributed by atoms with Crippen LogP contribution in [-0.2, 0) is 13.0 Å². The van der Waals surface area contributed by atoms with Crippen molar-refractivity contribution in [2.75, 3.05) is 5.32 Å². The lowest BCUT2D eigenvalue weighted by Gasteiger charge is -2.03. The Bertz CT molecular complexity index is 1170. The van der Waals surface area contributed by atoms with Crippen LogP contribution in [0.4, 0.5) is 5.82 Å². The number of aryl methyl sites for hydroxylation is 1. The first-order valence-corrected chi connectivity index (χ1v) is 9.61. The molecule has 0 atom stereocenters. The molecule has 0 aliphatic heterocycles. The first kappa shape index (κ1) is 18.9. The highest BCUT2D eigenvalue weighted by Crippen LogP contribution is 2.24. The van der Waals surface area contributed by atoms with Crippen LogP contribution in [0.15, 0.2) is 65.1 Å². The fraction of sp³-hybridized carbons (Fsp3) is 0.130. The molecule has 2 N–H and O–H groups in total. The number of aromatic amines is 1. The van der Waals surface area contributed by atoms with E-state index in [-0.39, 0.29) is 0 Å². The lowest BCUT2D eigenvalue weighted by molar-refractivity contribution is 0.531. The number of furan rings is 1. The highest BCUT2D eigenvalue weighted by molar-refractivity contribution is 6.30. The van der Waals surface area contributed by atoms with Gasteiger partial charge in [0, 0.05) is 17.0 Å². The van der Waals surface area contributed by atoms with Gasteiger partial charge in [0.25, 0.3) is 0 Å². The first-order chi connectivity index (χ1) is 14.1. The highest BCUT2D eigenvalue weighted by atomic mass is 35.5. The summed E-state index contributed by atoms with van der Waals surface area (Å²) in [6, 6.07) is 21.9. The molecule has 4 aromatic rings. The Morgan fingerprint density at radius 3 is 2.72 bits per heavy atom. The zero-order valence-corrected chi connectivity index (χ0v) is 16.6. The van der Waals surface area contributed by atoms with E-state index in [0.717, 1.165) is 28.3 Å². The summed E-state index contributed by atoms with van der Waals surface area (Å²) in [5, 5.41) is 20.7. The van der Waals surface area contributed by atoms with Crippen molar-refractivity contribution < 1.29 is 4.42 Å². The smallest absolute Gasteiger partial charge is 0.166 e. The molecule has 0 saturated carbocycles. The molecule has 144 valence electrons. The second-order valence-corrected chi connectivity index (χ2v) is 7.27. The van der Waals surface area contributed by atoms with Crippen molar-refractivity contribution in [1.82, 2.24) is 10.2 Å². The standard InChI is InChI=1S/C23H19ClN4O/c1-15-5-7-17(8-6-15)22-10-9-19(29-22)14-26-23-20(13-25)21(27-28-23)12-16-3-2-4-18(24)11-16/h2-11H,12,14H2,1H3,(H2,26,27,28). The fourth-order valence-electron chi connectivity index (χ4n) is 3.12. The predicted molar refractivity (Wildman–Crippen MR) is 114 cm³/mol. The van der Waals surface area contributed by atoms with Crippen molar-refractivity contribution >= 4 is 17.4 Å². The topological polar surface area (TPSA) is 77.6 Å². The third-order valence-corrected chi connectivity index (χ3v) is 4.89. The second kappa shape index (κ2) is 8.26. The van der Waals surface area contributed by atoms with Crippen LogP contribution >= 0.6 is 11.6 Å². The number of rotatable bonds is 6. The molecule has 0 spiro atoms. The number of nitrogens with one attached hydrogen (secondary N) is 2. The maximum Gasteiger partial charge on any atom is 0.166 e. The molecule has 0 amide bonds. The number of halogens is 1. The van der Waals surface area contributed by atoms with E-state index in [9.17, 15) is 5.26 Å². The van der Waals surface area contributed by atoms with Crippen LogP contribution < -0.4 is 5.32 Å². The Morgan fingerprint density at radius 1 is 1.14 bits per heavy atom. The molecule has 6 heteroatoms. The lowest BCUT2D eigenvalue weighted by atomic mass is 10.1. The van der Waals surface area contributed by atoms with E-state index in [2.05, 4.69) is 40.6 Å².